The summed E-state index contributed by atoms with van der Waals surface area (Å²) < 4.78 is 9.36. The number of hydrogen-bond donors (Lipinski definition) is 0. The minimum Gasteiger partial charge on any atom is -0.505 e. The maximum Gasteiger partial charge on any atom is 0.183 e. The van der Waals surface area contributed by atoms with Crippen molar-refractivity contribution >= 4 is 5.90 Å². The predicted octanol–water partition coefficient (Wildman–Crippen LogP) is 1.60. The van der Waals surface area contributed by atoms with E-state index in [4.69, 9.17) is 4.74 Å². The van der Waals surface area contributed by atoms with Crippen LogP contribution in [-0.4, -0.2) is 26.2 Å². The lowest BCUT2D eigenvalue weighted by Gasteiger charge is -1.91. The van der Waals surface area contributed by atoms with Gasteiger partial charge >= 0.3 is 0 Å². The molecule has 0 aromatic carbocycles. The molecule has 1 rings (SSSR count). The summed E-state index contributed by atoms with van der Waals surface area (Å²) >= 11 is 0. The summed E-state index contributed by atoms with van der Waals surface area (Å²) in [4.78, 5) is 4.05. The van der Waals surface area contributed by atoms with Gasteiger partial charge in [-0.2, -0.15) is 0 Å². The molecule has 0 radical (unpaired) electrons. The first-order chi connectivity index (χ1) is 5.35. The fourth-order valence-corrected chi connectivity index (χ4v) is 0.593. The smallest absolute Gasteiger partial charge is 0.183 e. The van der Waals surface area contributed by atoms with Crippen molar-refractivity contribution in [2.75, 3.05) is 20.3 Å². The Morgan fingerprint density at radius 1 is 1.82 bits per heavy atom. The quantitative estimate of drug-likeness (QED) is 0.570. The second kappa shape index (κ2) is 7.12. The molecule has 0 spiro atoms. The fraction of sp³-hybridized carbons (Fsp3) is 0.625. The van der Waals surface area contributed by atoms with Gasteiger partial charge < -0.3 is 9.47 Å². The summed E-state index contributed by atoms with van der Waals surface area (Å²) in [6, 6.07) is 0. The van der Waals surface area contributed by atoms with Gasteiger partial charge in [0.25, 0.3) is 0 Å². The van der Waals surface area contributed by atoms with Crippen LogP contribution in [0.5, 0.6) is 0 Å². The van der Waals surface area contributed by atoms with Crippen LogP contribution in [0.1, 0.15) is 13.3 Å². The first-order valence-electron chi connectivity index (χ1n) is 3.65. The normalized spacial score (nSPS) is 13.8. The molecule has 0 amide bonds. The van der Waals surface area contributed by atoms with Crippen molar-refractivity contribution in [2.45, 2.75) is 13.3 Å². The minimum absolute atomic E-state index is 0.795. The Bertz CT molecular complexity index is 132. The molecule has 1 aliphatic heterocycles. The minimum atomic E-state index is 0.795. The van der Waals surface area contributed by atoms with Crippen LogP contribution in [0.4, 0.5) is 0 Å². The van der Waals surface area contributed by atoms with Crippen molar-refractivity contribution in [3.8, 4) is 0 Å². The fourth-order valence-electron chi connectivity index (χ4n) is 0.593. The Hall–Kier alpha value is -0.990. The highest BCUT2D eigenvalue weighted by Crippen LogP contribution is 1.95. The monoisotopic (exact) mass is 157 g/mol. The van der Waals surface area contributed by atoms with E-state index < -0.39 is 0 Å². The standard InChI is InChI=1S/C5H9NO.C3H6O/c1-2-5-6-3-4-7-5;1-3-4-2/h2-4H2,1H3;3H,1H2,2H3. The maximum absolute atomic E-state index is 5.05. The summed E-state index contributed by atoms with van der Waals surface area (Å²) in [7, 11) is 1.56. The zero-order valence-electron chi connectivity index (χ0n) is 7.17. The van der Waals surface area contributed by atoms with Crippen LogP contribution in [0.15, 0.2) is 17.8 Å². The van der Waals surface area contributed by atoms with E-state index in [0.29, 0.717) is 0 Å². The number of aliphatic imine (C=N–C) groups is 1. The van der Waals surface area contributed by atoms with Crippen LogP contribution < -0.4 is 0 Å². The lowest BCUT2D eigenvalue weighted by Crippen LogP contribution is -1.94. The lowest BCUT2D eigenvalue weighted by molar-refractivity contribution is 0.339. The highest BCUT2D eigenvalue weighted by molar-refractivity contribution is 5.76. The third-order valence-corrected chi connectivity index (χ3v) is 1.12. The van der Waals surface area contributed by atoms with Gasteiger partial charge in [0.2, 0.25) is 0 Å². The van der Waals surface area contributed by atoms with Gasteiger partial charge in [0.1, 0.15) is 6.61 Å². The summed E-state index contributed by atoms with van der Waals surface area (Å²) in [5.74, 6) is 0.917. The number of hydrogen-bond acceptors (Lipinski definition) is 3. The Labute approximate surface area is 67.7 Å². The van der Waals surface area contributed by atoms with Crippen molar-refractivity contribution < 1.29 is 9.47 Å². The van der Waals surface area contributed by atoms with Crippen LogP contribution in [0, 0.1) is 0 Å². The van der Waals surface area contributed by atoms with Gasteiger partial charge in [-0.1, -0.05) is 13.5 Å². The SMILES string of the molecule is C=COC.CCC1=NCCO1. The third-order valence-electron chi connectivity index (χ3n) is 1.12. The van der Waals surface area contributed by atoms with E-state index in [2.05, 4.69) is 16.3 Å². The molecule has 3 heteroatoms. The zero-order valence-corrected chi connectivity index (χ0v) is 7.17. The van der Waals surface area contributed by atoms with Gasteiger partial charge in [-0.15, -0.1) is 0 Å². The summed E-state index contributed by atoms with van der Waals surface area (Å²) in [5, 5.41) is 0. The first-order valence-corrected chi connectivity index (χ1v) is 3.65. The number of ether oxygens (including phenoxy) is 2. The van der Waals surface area contributed by atoms with Crippen molar-refractivity contribution in [1.82, 2.24) is 0 Å². The summed E-state index contributed by atoms with van der Waals surface area (Å²) in [5.41, 5.74) is 0. The largest absolute Gasteiger partial charge is 0.505 e. The molecule has 3 nitrogen and oxygen atoms in total. The van der Waals surface area contributed by atoms with E-state index in [0.717, 1.165) is 25.5 Å². The Kier molecular flexibility index (Phi) is 6.48. The van der Waals surface area contributed by atoms with Gasteiger partial charge in [0.05, 0.1) is 19.9 Å². The van der Waals surface area contributed by atoms with E-state index >= 15 is 0 Å². The second-order valence-electron chi connectivity index (χ2n) is 1.88. The van der Waals surface area contributed by atoms with E-state index in [1.807, 2.05) is 6.92 Å². The van der Waals surface area contributed by atoms with E-state index in [-0.39, 0.29) is 0 Å². The first kappa shape index (κ1) is 10.0. The topological polar surface area (TPSA) is 30.8 Å². The van der Waals surface area contributed by atoms with E-state index in [9.17, 15) is 0 Å². The number of rotatable bonds is 2. The lowest BCUT2D eigenvalue weighted by atomic mass is 10.5. The molecular formula is C8H15NO2. The van der Waals surface area contributed by atoms with Crippen LogP contribution >= 0.6 is 0 Å². The molecule has 1 heterocycles. The molecule has 0 aromatic rings. The highest BCUT2D eigenvalue weighted by Gasteiger charge is 2.01. The Balaban J connectivity index is 0.000000218. The molecule has 0 N–H and O–H groups in total. The molecule has 0 aromatic heterocycles. The third kappa shape index (κ3) is 5.45. The highest BCUT2D eigenvalue weighted by atomic mass is 16.5. The van der Waals surface area contributed by atoms with Crippen molar-refractivity contribution in [1.29, 1.82) is 0 Å². The van der Waals surface area contributed by atoms with Crippen molar-refractivity contribution in [3.63, 3.8) is 0 Å². The molecule has 0 bridgehead atoms. The van der Waals surface area contributed by atoms with Gasteiger partial charge in [-0.3, -0.25) is 4.99 Å². The van der Waals surface area contributed by atoms with E-state index in [1.54, 1.807) is 7.11 Å². The molecule has 64 valence electrons. The molecule has 0 unspecified atom stereocenters. The predicted molar refractivity (Wildman–Crippen MR) is 45.8 cm³/mol. The van der Waals surface area contributed by atoms with Crippen molar-refractivity contribution in [2.24, 2.45) is 4.99 Å². The molecule has 11 heavy (non-hydrogen) atoms. The van der Waals surface area contributed by atoms with Crippen LogP contribution in [-0.2, 0) is 9.47 Å². The van der Waals surface area contributed by atoms with Crippen LogP contribution in [0.25, 0.3) is 0 Å². The molecule has 0 saturated heterocycles. The molecule has 0 aliphatic carbocycles. The van der Waals surface area contributed by atoms with Gasteiger partial charge in [-0.05, 0) is 0 Å². The molecule has 0 atom stereocenters. The average molecular weight is 157 g/mol. The van der Waals surface area contributed by atoms with Gasteiger partial charge in [0.15, 0.2) is 5.90 Å². The molecular weight excluding hydrogens is 142 g/mol. The number of methoxy groups -OCH3 is 1. The number of nitrogens with zero attached hydrogens (tertiary/aromatic N) is 1. The van der Waals surface area contributed by atoms with Crippen LogP contribution in [0.3, 0.4) is 0 Å². The average Bonchev–Trinajstić information content (AvgIpc) is 2.56. The van der Waals surface area contributed by atoms with Crippen molar-refractivity contribution in [3.05, 3.63) is 12.8 Å². The summed E-state index contributed by atoms with van der Waals surface area (Å²) in [6.45, 7) is 6.96. The molecule has 1 aliphatic rings. The van der Waals surface area contributed by atoms with Gasteiger partial charge in [0, 0.05) is 6.42 Å². The summed E-state index contributed by atoms with van der Waals surface area (Å²) in [6.07, 6.45) is 2.32. The van der Waals surface area contributed by atoms with Crippen LogP contribution in [0.2, 0.25) is 0 Å². The molecule has 0 fully saturated rings. The van der Waals surface area contributed by atoms with Gasteiger partial charge in [-0.25, -0.2) is 0 Å². The maximum atomic E-state index is 5.05. The van der Waals surface area contributed by atoms with E-state index in [1.165, 1.54) is 6.26 Å². The zero-order chi connectivity index (χ0) is 8.53. The Morgan fingerprint density at radius 3 is 2.64 bits per heavy atom. The second-order valence-corrected chi connectivity index (χ2v) is 1.88. The Morgan fingerprint density at radius 2 is 2.45 bits per heavy atom. The molecule has 0 saturated carbocycles.